The van der Waals surface area contributed by atoms with Gasteiger partial charge in [-0.05, 0) is 31.2 Å². The molecule has 1 aromatic heterocycles. The Kier molecular flexibility index (Phi) is 4.24. The number of aromatic nitrogens is 1. The van der Waals surface area contributed by atoms with Gasteiger partial charge in [0.1, 0.15) is 5.75 Å². The highest BCUT2D eigenvalue weighted by Crippen LogP contribution is 2.30. The molecule has 0 radical (unpaired) electrons. The van der Waals surface area contributed by atoms with Gasteiger partial charge in [0.05, 0.1) is 18.4 Å². The van der Waals surface area contributed by atoms with Crippen molar-refractivity contribution >= 4 is 28.6 Å². The summed E-state index contributed by atoms with van der Waals surface area (Å²) in [6.07, 6.45) is 0. The van der Waals surface area contributed by atoms with E-state index in [1.807, 2.05) is 31.2 Å². The summed E-state index contributed by atoms with van der Waals surface area (Å²) in [6, 6.07) is 7.66. The maximum Gasteiger partial charge on any atom is 0.244 e. The zero-order chi connectivity index (χ0) is 13.8. The van der Waals surface area contributed by atoms with Crippen LogP contribution in [0.3, 0.4) is 0 Å². The number of amides is 1. The van der Waals surface area contributed by atoms with Crippen LogP contribution >= 0.6 is 11.8 Å². The smallest absolute Gasteiger partial charge is 0.244 e. The molecule has 5 nitrogen and oxygen atoms in total. The number of hydrogen-bond donors (Lipinski definition) is 2. The van der Waals surface area contributed by atoms with Crippen LogP contribution in [-0.2, 0) is 4.79 Å². The van der Waals surface area contributed by atoms with E-state index in [9.17, 15) is 4.79 Å². The van der Waals surface area contributed by atoms with Gasteiger partial charge in [0.2, 0.25) is 5.91 Å². The lowest BCUT2D eigenvalue weighted by molar-refractivity contribution is -0.118. The largest absolute Gasteiger partial charge is 0.497 e. The lowest BCUT2D eigenvalue weighted by Crippen LogP contribution is -2.31. The number of fused-ring (bicyclic) bond motifs is 1. The van der Waals surface area contributed by atoms with Crippen molar-refractivity contribution in [2.45, 2.75) is 11.8 Å². The summed E-state index contributed by atoms with van der Waals surface area (Å²) in [5.74, 6) is 5.90. The molecule has 1 heterocycles. The van der Waals surface area contributed by atoms with Crippen LogP contribution in [0.15, 0.2) is 29.2 Å². The number of carbonyl (C=O) groups is 1. The minimum atomic E-state index is -0.212. The molecule has 2 aromatic rings. The van der Waals surface area contributed by atoms with Crippen LogP contribution in [0, 0.1) is 6.92 Å². The number of nitrogens with one attached hydrogen (secondary N) is 1. The van der Waals surface area contributed by atoms with E-state index in [-0.39, 0.29) is 11.7 Å². The average Bonchev–Trinajstić information content (AvgIpc) is 2.43. The number of thioether (sulfide) groups is 1. The number of carbonyl (C=O) groups excluding carboxylic acids is 1. The molecule has 0 atom stereocenters. The third-order valence-corrected chi connectivity index (χ3v) is 3.68. The van der Waals surface area contributed by atoms with Crippen molar-refractivity contribution in [2.75, 3.05) is 12.9 Å². The zero-order valence-corrected chi connectivity index (χ0v) is 11.6. The second-order valence-electron chi connectivity index (χ2n) is 4.00. The van der Waals surface area contributed by atoms with Gasteiger partial charge < -0.3 is 4.74 Å². The van der Waals surface area contributed by atoms with Crippen molar-refractivity contribution in [1.29, 1.82) is 0 Å². The maximum absolute atomic E-state index is 11.2. The molecule has 0 bridgehead atoms. The lowest BCUT2D eigenvalue weighted by Gasteiger charge is -2.08. The minimum Gasteiger partial charge on any atom is -0.497 e. The Hall–Kier alpha value is -1.79. The number of nitrogens with two attached hydrogens (primary N) is 1. The number of benzene rings is 1. The van der Waals surface area contributed by atoms with Crippen molar-refractivity contribution in [1.82, 2.24) is 10.4 Å². The number of ether oxygens (including phenoxy) is 1. The molecule has 100 valence electrons. The molecule has 1 aromatic carbocycles. The van der Waals surface area contributed by atoms with Crippen LogP contribution in [0.25, 0.3) is 10.9 Å². The quantitative estimate of drug-likeness (QED) is 0.384. The number of hydrogen-bond acceptors (Lipinski definition) is 5. The third kappa shape index (κ3) is 3.15. The Morgan fingerprint density at radius 3 is 2.95 bits per heavy atom. The highest BCUT2D eigenvalue weighted by Gasteiger charge is 2.08. The fourth-order valence-corrected chi connectivity index (χ4v) is 2.67. The summed E-state index contributed by atoms with van der Waals surface area (Å²) < 4.78 is 5.22. The molecule has 0 saturated carbocycles. The van der Waals surface area contributed by atoms with Gasteiger partial charge in [0.15, 0.2) is 0 Å². The van der Waals surface area contributed by atoms with E-state index in [1.165, 1.54) is 11.8 Å². The van der Waals surface area contributed by atoms with Crippen LogP contribution in [0.4, 0.5) is 0 Å². The molecular formula is C13H15N3O2S. The Bertz CT molecular complexity index is 616. The van der Waals surface area contributed by atoms with Gasteiger partial charge in [-0.2, -0.15) is 0 Å². The number of rotatable bonds is 4. The van der Waals surface area contributed by atoms with Crippen molar-refractivity contribution < 1.29 is 9.53 Å². The summed E-state index contributed by atoms with van der Waals surface area (Å²) in [7, 11) is 1.62. The molecule has 0 aliphatic heterocycles. The average molecular weight is 277 g/mol. The van der Waals surface area contributed by atoms with Crippen molar-refractivity contribution in [3.63, 3.8) is 0 Å². The van der Waals surface area contributed by atoms with E-state index in [4.69, 9.17) is 10.6 Å². The van der Waals surface area contributed by atoms with Crippen molar-refractivity contribution in [3.8, 4) is 5.75 Å². The fraction of sp³-hybridized carbons (Fsp3) is 0.231. The summed E-state index contributed by atoms with van der Waals surface area (Å²) in [4.78, 5) is 16.7. The molecule has 1 amide bonds. The molecule has 0 saturated heterocycles. The van der Waals surface area contributed by atoms with Crippen molar-refractivity contribution in [3.05, 3.63) is 30.0 Å². The SMILES string of the molecule is COc1ccc2nc(C)cc(SCC(=O)NN)c2c1. The molecule has 0 unspecified atom stereocenters. The summed E-state index contributed by atoms with van der Waals surface area (Å²) in [5, 5.41) is 0.972. The molecule has 0 aliphatic carbocycles. The predicted molar refractivity (Wildman–Crippen MR) is 76.1 cm³/mol. The second-order valence-corrected chi connectivity index (χ2v) is 5.02. The van der Waals surface area contributed by atoms with Gasteiger partial charge in [-0.1, -0.05) is 0 Å². The second kappa shape index (κ2) is 5.90. The zero-order valence-electron chi connectivity index (χ0n) is 10.8. The Morgan fingerprint density at radius 2 is 2.26 bits per heavy atom. The summed E-state index contributed by atoms with van der Waals surface area (Å²) in [6.45, 7) is 1.93. The number of pyridine rings is 1. The van der Waals surface area contributed by atoms with Gasteiger partial charge in [0, 0.05) is 16.0 Å². The van der Waals surface area contributed by atoms with Crippen LogP contribution in [0.2, 0.25) is 0 Å². The standard InChI is InChI=1S/C13H15N3O2S/c1-8-5-12(19-7-13(17)16-14)10-6-9(18-2)3-4-11(10)15-8/h3-6H,7,14H2,1-2H3,(H,16,17). The Labute approximate surface area is 115 Å². The topological polar surface area (TPSA) is 77.2 Å². The van der Waals surface area contributed by atoms with Crippen LogP contribution in [-0.4, -0.2) is 23.8 Å². The van der Waals surface area contributed by atoms with E-state index in [0.717, 1.165) is 27.2 Å². The highest BCUT2D eigenvalue weighted by atomic mass is 32.2. The Balaban J connectivity index is 2.42. The van der Waals surface area contributed by atoms with Crippen LogP contribution < -0.4 is 16.0 Å². The van der Waals surface area contributed by atoms with E-state index < -0.39 is 0 Å². The van der Waals surface area contributed by atoms with Gasteiger partial charge in [-0.15, -0.1) is 11.8 Å². The Morgan fingerprint density at radius 1 is 1.47 bits per heavy atom. The lowest BCUT2D eigenvalue weighted by atomic mass is 10.2. The predicted octanol–water partition coefficient (Wildman–Crippen LogP) is 1.63. The fourth-order valence-electron chi connectivity index (χ4n) is 1.73. The molecule has 3 N–H and O–H groups in total. The van der Waals surface area contributed by atoms with Gasteiger partial charge in [0.25, 0.3) is 0 Å². The molecule has 0 spiro atoms. The summed E-state index contributed by atoms with van der Waals surface area (Å²) >= 11 is 1.43. The van der Waals surface area contributed by atoms with Gasteiger partial charge >= 0.3 is 0 Å². The van der Waals surface area contributed by atoms with E-state index in [0.29, 0.717) is 0 Å². The molecule has 0 aliphatic rings. The monoisotopic (exact) mass is 277 g/mol. The molecule has 6 heteroatoms. The van der Waals surface area contributed by atoms with Crippen LogP contribution in [0.5, 0.6) is 5.75 Å². The first kappa shape index (κ1) is 13.6. The molecule has 2 rings (SSSR count). The maximum atomic E-state index is 11.2. The molecule has 0 fully saturated rings. The van der Waals surface area contributed by atoms with Crippen molar-refractivity contribution in [2.24, 2.45) is 5.84 Å². The number of nitrogens with zero attached hydrogens (tertiary/aromatic N) is 1. The first-order chi connectivity index (χ1) is 9.13. The number of hydrazine groups is 1. The third-order valence-electron chi connectivity index (χ3n) is 2.63. The van der Waals surface area contributed by atoms with Crippen LogP contribution in [0.1, 0.15) is 5.69 Å². The molecular weight excluding hydrogens is 262 g/mol. The molecule has 19 heavy (non-hydrogen) atoms. The first-order valence-electron chi connectivity index (χ1n) is 5.71. The van der Waals surface area contributed by atoms with Gasteiger partial charge in [-0.3, -0.25) is 15.2 Å². The van der Waals surface area contributed by atoms with E-state index in [1.54, 1.807) is 7.11 Å². The van der Waals surface area contributed by atoms with E-state index >= 15 is 0 Å². The minimum absolute atomic E-state index is 0.212. The first-order valence-corrected chi connectivity index (χ1v) is 6.70. The number of methoxy groups -OCH3 is 1. The summed E-state index contributed by atoms with van der Waals surface area (Å²) in [5.41, 5.74) is 3.92. The van der Waals surface area contributed by atoms with E-state index in [2.05, 4.69) is 10.4 Å². The highest BCUT2D eigenvalue weighted by molar-refractivity contribution is 8.00. The normalized spacial score (nSPS) is 10.5. The number of aryl methyl sites for hydroxylation is 1. The van der Waals surface area contributed by atoms with Gasteiger partial charge in [-0.25, -0.2) is 5.84 Å².